The zero-order valence-corrected chi connectivity index (χ0v) is 26.2. The number of fused-ring (bicyclic) bond motifs is 2. The highest BCUT2D eigenvalue weighted by Crippen LogP contribution is 2.63. The molecule has 0 bridgehead atoms. The number of likely N-dealkylation sites (tertiary alicyclic amines) is 1. The Kier molecular flexibility index (Phi) is 7.35. The van der Waals surface area contributed by atoms with Crippen molar-refractivity contribution in [1.29, 1.82) is 0 Å². The molecule has 236 valence electrons. The molecule has 0 amide bonds. The first-order valence-electron chi connectivity index (χ1n) is 16.3. The van der Waals surface area contributed by atoms with E-state index >= 15 is 14.4 Å². The van der Waals surface area contributed by atoms with Crippen molar-refractivity contribution >= 4 is 23.4 Å². The van der Waals surface area contributed by atoms with E-state index < -0.39 is 40.3 Å². The molecule has 0 aromatic heterocycles. The number of hydrogen-bond acceptors (Lipinski definition) is 5. The summed E-state index contributed by atoms with van der Waals surface area (Å²) in [5.74, 6) is -2.08. The Bertz CT molecular complexity index is 2030. The normalized spacial score (nSPS) is 24.1. The van der Waals surface area contributed by atoms with Crippen LogP contribution in [0, 0.1) is 11.2 Å². The summed E-state index contributed by atoms with van der Waals surface area (Å²) >= 11 is 0. The number of rotatable bonds is 5. The average Bonchev–Trinajstić information content (AvgIpc) is 3.54. The quantitative estimate of drug-likeness (QED) is 0.164. The van der Waals surface area contributed by atoms with Gasteiger partial charge in [0.25, 0.3) is 0 Å². The van der Waals surface area contributed by atoms with Crippen LogP contribution in [0.4, 0.5) is 4.39 Å². The predicted octanol–water partition coefficient (Wildman–Crippen LogP) is 7.23. The summed E-state index contributed by atoms with van der Waals surface area (Å²) in [5, 5.41) is 3.56. The number of nitrogens with zero attached hydrogens (tertiary/aromatic N) is 1. The molecule has 3 aliphatic rings. The van der Waals surface area contributed by atoms with Crippen LogP contribution in [0.15, 0.2) is 145 Å². The van der Waals surface area contributed by atoms with E-state index in [2.05, 4.69) is 10.2 Å². The molecule has 1 aliphatic carbocycles. The summed E-state index contributed by atoms with van der Waals surface area (Å²) in [4.78, 5) is 48.0. The van der Waals surface area contributed by atoms with E-state index in [0.717, 1.165) is 16.7 Å². The van der Waals surface area contributed by atoms with Crippen LogP contribution in [0.2, 0.25) is 0 Å². The molecule has 48 heavy (non-hydrogen) atoms. The molecule has 0 saturated carbocycles. The molecule has 3 atom stereocenters. The van der Waals surface area contributed by atoms with Crippen molar-refractivity contribution in [2.75, 3.05) is 13.1 Å². The monoisotopic (exact) mass is 632 g/mol. The lowest BCUT2D eigenvalue weighted by Crippen LogP contribution is -2.69. The van der Waals surface area contributed by atoms with Gasteiger partial charge in [-0.3, -0.25) is 24.6 Å². The molecular formula is C42H33FN2O3. The Morgan fingerprint density at radius 2 is 1.23 bits per heavy atom. The van der Waals surface area contributed by atoms with Crippen molar-refractivity contribution in [3.8, 4) is 0 Å². The number of ketones is 3. The second-order valence-corrected chi connectivity index (χ2v) is 13.0. The third kappa shape index (κ3) is 4.55. The van der Waals surface area contributed by atoms with Crippen LogP contribution in [0.5, 0.6) is 0 Å². The van der Waals surface area contributed by atoms with Crippen molar-refractivity contribution in [3.05, 3.63) is 184 Å². The standard InChI is InChI=1S/C42H33FN2O3/c43-33-22-20-31(21-23-33)37-36(30-16-8-3-9-17-30)41(42(44-37)39(47)34-18-10-11-19-35(34)40(42)48)27-45(25-29-14-6-2-7-15-29)26-32(38(41)46)24-28-12-4-1-5-13-28/h1-24,36-37,44H,25-27H2/b32-24+. The first kappa shape index (κ1) is 30.1. The van der Waals surface area contributed by atoms with Gasteiger partial charge in [0.15, 0.2) is 22.9 Å². The highest BCUT2D eigenvalue weighted by atomic mass is 19.1. The summed E-state index contributed by atoms with van der Waals surface area (Å²) in [6.07, 6.45) is 1.90. The van der Waals surface area contributed by atoms with Crippen molar-refractivity contribution in [2.45, 2.75) is 24.0 Å². The van der Waals surface area contributed by atoms with Gasteiger partial charge in [0.1, 0.15) is 5.82 Å². The lowest BCUT2D eigenvalue weighted by Gasteiger charge is -2.49. The van der Waals surface area contributed by atoms with E-state index in [1.807, 2.05) is 97.1 Å². The van der Waals surface area contributed by atoms with Crippen LogP contribution in [-0.4, -0.2) is 40.9 Å². The van der Waals surface area contributed by atoms with Gasteiger partial charge in [-0.1, -0.05) is 127 Å². The third-order valence-corrected chi connectivity index (χ3v) is 10.3. The molecule has 5 nitrogen and oxygen atoms in total. The molecular weight excluding hydrogens is 599 g/mol. The highest BCUT2D eigenvalue weighted by molar-refractivity contribution is 6.36. The molecule has 5 aromatic rings. The molecule has 2 heterocycles. The maximum atomic E-state index is 15.7. The molecule has 2 aliphatic heterocycles. The first-order chi connectivity index (χ1) is 23.4. The van der Waals surface area contributed by atoms with Crippen LogP contribution in [0.3, 0.4) is 0 Å². The van der Waals surface area contributed by atoms with E-state index in [1.165, 1.54) is 12.1 Å². The van der Waals surface area contributed by atoms with Gasteiger partial charge >= 0.3 is 0 Å². The molecule has 2 fully saturated rings. The van der Waals surface area contributed by atoms with Crippen LogP contribution in [0.25, 0.3) is 6.08 Å². The van der Waals surface area contributed by atoms with Crippen molar-refractivity contribution in [2.24, 2.45) is 5.41 Å². The molecule has 5 aromatic carbocycles. The van der Waals surface area contributed by atoms with E-state index in [0.29, 0.717) is 35.4 Å². The van der Waals surface area contributed by atoms with Crippen molar-refractivity contribution in [3.63, 3.8) is 0 Å². The second-order valence-electron chi connectivity index (χ2n) is 13.0. The zero-order valence-electron chi connectivity index (χ0n) is 26.2. The average molecular weight is 633 g/mol. The Labute approximate surface area is 278 Å². The van der Waals surface area contributed by atoms with Gasteiger partial charge in [0.05, 0.1) is 5.41 Å². The third-order valence-electron chi connectivity index (χ3n) is 10.3. The summed E-state index contributed by atoms with van der Waals surface area (Å²) in [5.41, 5.74) is 1.11. The van der Waals surface area contributed by atoms with Gasteiger partial charge in [-0.2, -0.15) is 0 Å². The zero-order chi connectivity index (χ0) is 32.9. The number of piperidine rings is 1. The minimum absolute atomic E-state index is 0.155. The van der Waals surface area contributed by atoms with Gasteiger partial charge in [-0.05, 0) is 40.5 Å². The Morgan fingerprint density at radius 1 is 0.667 bits per heavy atom. The summed E-state index contributed by atoms with van der Waals surface area (Å²) in [7, 11) is 0. The number of halogens is 1. The fourth-order valence-electron chi connectivity index (χ4n) is 8.39. The Morgan fingerprint density at radius 3 is 1.85 bits per heavy atom. The number of nitrogens with one attached hydrogen (secondary N) is 1. The molecule has 6 heteroatoms. The van der Waals surface area contributed by atoms with Crippen LogP contribution < -0.4 is 5.32 Å². The molecule has 0 radical (unpaired) electrons. The largest absolute Gasteiger partial charge is 0.294 e. The topological polar surface area (TPSA) is 66.5 Å². The molecule has 8 rings (SSSR count). The maximum absolute atomic E-state index is 15.7. The smallest absolute Gasteiger partial charge is 0.192 e. The molecule has 3 unspecified atom stereocenters. The minimum Gasteiger partial charge on any atom is -0.294 e. The lowest BCUT2D eigenvalue weighted by molar-refractivity contribution is -0.131. The first-order valence-corrected chi connectivity index (χ1v) is 16.3. The molecule has 1 N–H and O–H groups in total. The summed E-state index contributed by atoms with van der Waals surface area (Å²) < 4.78 is 14.3. The molecule has 2 saturated heterocycles. The number of hydrogen-bond donors (Lipinski definition) is 1. The van der Waals surface area contributed by atoms with Gasteiger partial charge < -0.3 is 0 Å². The summed E-state index contributed by atoms with van der Waals surface area (Å²) in [6, 6.07) is 41.7. The predicted molar refractivity (Wildman–Crippen MR) is 183 cm³/mol. The second kappa shape index (κ2) is 11.7. The maximum Gasteiger partial charge on any atom is 0.192 e. The number of benzene rings is 5. The van der Waals surface area contributed by atoms with Gasteiger partial charge in [0.2, 0.25) is 0 Å². The SMILES string of the molecule is O=C1c2ccccc2C(=O)C12NC(c1ccc(F)cc1)C(c1ccccc1)C21CN(Cc2ccccc2)C/C(=C\c2ccccc2)C1=O. The van der Waals surface area contributed by atoms with Crippen LogP contribution in [0.1, 0.15) is 54.9 Å². The lowest BCUT2D eigenvalue weighted by atomic mass is 9.55. The number of Topliss-reactive ketones (excluding diaryl/α,β-unsaturated/α-hetero) is 3. The Balaban J connectivity index is 1.42. The van der Waals surface area contributed by atoms with Gasteiger partial charge in [-0.25, -0.2) is 4.39 Å². The van der Waals surface area contributed by atoms with E-state index in [4.69, 9.17) is 0 Å². The van der Waals surface area contributed by atoms with Crippen molar-refractivity contribution in [1.82, 2.24) is 10.2 Å². The van der Waals surface area contributed by atoms with E-state index in [-0.39, 0.29) is 12.3 Å². The minimum atomic E-state index is -1.90. The van der Waals surface area contributed by atoms with E-state index in [9.17, 15) is 4.39 Å². The number of carbonyl (C=O) groups is 3. The van der Waals surface area contributed by atoms with Crippen LogP contribution in [-0.2, 0) is 11.3 Å². The van der Waals surface area contributed by atoms with Crippen LogP contribution >= 0.6 is 0 Å². The Hall–Kier alpha value is -5.30. The van der Waals surface area contributed by atoms with E-state index in [1.54, 1.807) is 36.4 Å². The van der Waals surface area contributed by atoms with Gasteiger partial charge in [-0.15, -0.1) is 0 Å². The fourth-order valence-corrected chi connectivity index (χ4v) is 8.39. The fraction of sp³-hybridized carbons (Fsp3) is 0.167. The summed E-state index contributed by atoms with van der Waals surface area (Å²) in [6.45, 7) is 1.01. The van der Waals surface area contributed by atoms with Crippen molar-refractivity contribution < 1.29 is 18.8 Å². The number of carbonyl (C=O) groups excluding carboxylic acids is 3. The highest BCUT2D eigenvalue weighted by Gasteiger charge is 2.77. The van der Waals surface area contributed by atoms with Gasteiger partial charge in [0, 0.05) is 48.3 Å². The molecule has 2 spiro atoms.